The maximum atomic E-state index is 11.3. The maximum Gasteiger partial charge on any atom is 0.232 e. The van der Waals surface area contributed by atoms with E-state index in [4.69, 9.17) is 5.11 Å². The van der Waals surface area contributed by atoms with Crippen LogP contribution in [0.25, 0.3) is 0 Å². The molecule has 0 bridgehead atoms. The lowest BCUT2D eigenvalue weighted by Gasteiger charge is -2.20. The first-order valence-electron chi connectivity index (χ1n) is 4.22. The van der Waals surface area contributed by atoms with Gasteiger partial charge < -0.3 is 5.11 Å². The second kappa shape index (κ2) is 3.88. The van der Waals surface area contributed by atoms with Crippen molar-refractivity contribution in [1.82, 2.24) is 0 Å². The van der Waals surface area contributed by atoms with Crippen molar-refractivity contribution in [3.63, 3.8) is 0 Å². The number of aromatic hydroxyl groups is 1. The number of sulfonamides is 1. The third-order valence-electron chi connectivity index (χ3n) is 1.83. The molecular weight excluding hydrogens is 202 g/mol. The molecule has 1 aromatic rings. The van der Waals surface area contributed by atoms with Gasteiger partial charge in [0, 0.05) is 6.54 Å². The molecule has 0 amide bonds. The minimum Gasteiger partial charge on any atom is -0.508 e. The molecule has 0 atom stereocenters. The normalized spacial score (nSPS) is 11.3. The fourth-order valence-corrected chi connectivity index (χ4v) is 2.20. The van der Waals surface area contributed by atoms with Gasteiger partial charge >= 0.3 is 0 Å². The summed E-state index contributed by atoms with van der Waals surface area (Å²) in [5, 5.41) is 9.05. The summed E-state index contributed by atoms with van der Waals surface area (Å²) < 4.78 is 23.9. The van der Waals surface area contributed by atoms with Gasteiger partial charge in [-0.2, -0.15) is 0 Å². The molecule has 78 valence electrons. The van der Waals surface area contributed by atoms with Gasteiger partial charge in [0.05, 0.1) is 11.9 Å². The van der Waals surface area contributed by atoms with Crippen LogP contribution in [0.15, 0.2) is 24.3 Å². The lowest BCUT2D eigenvalue weighted by Crippen LogP contribution is -2.29. The molecule has 0 heterocycles. The van der Waals surface area contributed by atoms with Crippen molar-refractivity contribution in [2.45, 2.75) is 6.92 Å². The van der Waals surface area contributed by atoms with Crippen LogP contribution in [0.2, 0.25) is 0 Å². The maximum absolute atomic E-state index is 11.3. The summed E-state index contributed by atoms with van der Waals surface area (Å²) >= 11 is 0. The second-order valence-electron chi connectivity index (χ2n) is 2.94. The van der Waals surface area contributed by atoms with Crippen molar-refractivity contribution < 1.29 is 13.5 Å². The van der Waals surface area contributed by atoms with Crippen LogP contribution in [0.3, 0.4) is 0 Å². The highest BCUT2D eigenvalue weighted by Gasteiger charge is 2.14. The van der Waals surface area contributed by atoms with Crippen LogP contribution in [-0.4, -0.2) is 26.3 Å². The average molecular weight is 215 g/mol. The van der Waals surface area contributed by atoms with Gasteiger partial charge in [-0.1, -0.05) is 0 Å². The van der Waals surface area contributed by atoms with E-state index < -0.39 is 10.0 Å². The molecule has 0 aliphatic rings. The molecule has 0 fully saturated rings. The Bertz CT molecular complexity index is 397. The Morgan fingerprint density at radius 3 is 2.14 bits per heavy atom. The standard InChI is InChI=1S/C9H13NO3S/c1-3-10(14(2,12)13)8-4-6-9(11)7-5-8/h4-7,11H,3H2,1-2H3. The van der Waals surface area contributed by atoms with Gasteiger partial charge in [-0.3, -0.25) is 4.31 Å². The predicted molar refractivity (Wildman–Crippen MR) is 56.0 cm³/mol. The first-order valence-corrected chi connectivity index (χ1v) is 6.06. The van der Waals surface area contributed by atoms with E-state index in [0.29, 0.717) is 12.2 Å². The molecule has 1 aromatic carbocycles. The summed E-state index contributed by atoms with van der Waals surface area (Å²) in [6, 6.07) is 6.06. The zero-order valence-electron chi connectivity index (χ0n) is 8.14. The smallest absolute Gasteiger partial charge is 0.232 e. The van der Waals surface area contributed by atoms with Crippen molar-refractivity contribution in [1.29, 1.82) is 0 Å². The highest BCUT2D eigenvalue weighted by Crippen LogP contribution is 2.20. The zero-order chi connectivity index (χ0) is 10.8. The third kappa shape index (κ3) is 2.38. The molecule has 0 unspecified atom stereocenters. The molecule has 0 saturated carbocycles. The average Bonchev–Trinajstić information content (AvgIpc) is 2.07. The van der Waals surface area contributed by atoms with Gasteiger partial charge in [0.2, 0.25) is 10.0 Å². The van der Waals surface area contributed by atoms with Gasteiger partial charge in [0.1, 0.15) is 5.75 Å². The van der Waals surface area contributed by atoms with Crippen LogP contribution in [0.5, 0.6) is 5.75 Å². The minimum absolute atomic E-state index is 0.123. The number of hydrogen-bond donors (Lipinski definition) is 1. The van der Waals surface area contributed by atoms with E-state index in [1.165, 1.54) is 16.4 Å². The van der Waals surface area contributed by atoms with E-state index in [1.54, 1.807) is 19.1 Å². The largest absolute Gasteiger partial charge is 0.508 e. The molecule has 0 aliphatic heterocycles. The van der Waals surface area contributed by atoms with Gasteiger partial charge in [0.25, 0.3) is 0 Å². The first kappa shape index (κ1) is 10.8. The second-order valence-corrected chi connectivity index (χ2v) is 4.85. The third-order valence-corrected chi connectivity index (χ3v) is 3.09. The zero-order valence-corrected chi connectivity index (χ0v) is 8.95. The van der Waals surface area contributed by atoms with Gasteiger partial charge in [-0.25, -0.2) is 8.42 Å². The summed E-state index contributed by atoms with van der Waals surface area (Å²) in [4.78, 5) is 0. The Balaban J connectivity index is 3.08. The first-order chi connectivity index (χ1) is 6.45. The molecule has 0 aliphatic carbocycles. The highest BCUT2D eigenvalue weighted by molar-refractivity contribution is 7.92. The number of phenols is 1. The molecule has 0 spiro atoms. The van der Waals surface area contributed by atoms with Gasteiger partial charge in [-0.15, -0.1) is 0 Å². The summed E-state index contributed by atoms with van der Waals surface area (Å²) in [5.74, 6) is 0.123. The van der Waals surface area contributed by atoms with Crippen LogP contribution in [-0.2, 0) is 10.0 Å². The summed E-state index contributed by atoms with van der Waals surface area (Å²) in [7, 11) is -3.23. The SMILES string of the molecule is CCN(c1ccc(O)cc1)S(C)(=O)=O. The number of phenolic OH excluding ortho intramolecular Hbond substituents is 1. The van der Waals surface area contributed by atoms with Crippen molar-refractivity contribution in [3.8, 4) is 5.75 Å². The molecule has 0 radical (unpaired) electrons. The Kier molecular flexibility index (Phi) is 3.00. The monoisotopic (exact) mass is 215 g/mol. The van der Waals surface area contributed by atoms with E-state index >= 15 is 0 Å². The summed E-state index contributed by atoms with van der Waals surface area (Å²) in [6.07, 6.45) is 1.16. The van der Waals surface area contributed by atoms with Crippen LogP contribution in [0, 0.1) is 0 Å². The van der Waals surface area contributed by atoms with Crippen LogP contribution in [0.4, 0.5) is 5.69 Å². The van der Waals surface area contributed by atoms with E-state index in [-0.39, 0.29) is 5.75 Å². The highest BCUT2D eigenvalue weighted by atomic mass is 32.2. The van der Waals surface area contributed by atoms with Crippen molar-refractivity contribution in [2.75, 3.05) is 17.1 Å². The molecule has 0 saturated heterocycles. The molecule has 0 aromatic heterocycles. The Labute approximate surface area is 83.8 Å². The Morgan fingerprint density at radius 1 is 1.29 bits per heavy atom. The molecule has 14 heavy (non-hydrogen) atoms. The summed E-state index contributed by atoms with van der Waals surface area (Å²) in [6.45, 7) is 2.14. The number of anilines is 1. The van der Waals surface area contributed by atoms with E-state index in [1.807, 2.05) is 0 Å². The number of hydrogen-bond acceptors (Lipinski definition) is 3. The van der Waals surface area contributed by atoms with Crippen LogP contribution < -0.4 is 4.31 Å². The van der Waals surface area contributed by atoms with E-state index in [0.717, 1.165) is 6.26 Å². The molecule has 1 N–H and O–H groups in total. The minimum atomic E-state index is -3.23. The Morgan fingerprint density at radius 2 is 1.79 bits per heavy atom. The van der Waals surface area contributed by atoms with E-state index in [9.17, 15) is 8.42 Å². The molecule has 5 heteroatoms. The fourth-order valence-electron chi connectivity index (χ4n) is 1.23. The predicted octanol–water partition coefficient (Wildman–Crippen LogP) is 1.18. The molecule has 4 nitrogen and oxygen atoms in total. The molecular formula is C9H13NO3S. The van der Waals surface area contributed by atoms with Gasteiger partial charge in [-0.05, 0) is 31.2 Å². The molecule has 1 rings (SSSR count). The van der Waals surface area contributed by atoms with Crippen LogP contribution >= 0.6 is 0 Å². The quantitative estimate of drug-likeness (QED) is 0.823. The number of rotatable bonds is 3. The van der Waals surface area contributed by atoms with Crippen LogP contribution in [0.1, 0.15) is 6.92 Å². The number of benzene rings is 1. The fraction of sp³-hybridized carbons (Fsp3) is 0.333. The Hall–Kier alpha value is -1.23. The number of nitrogens with zero attached hydrogens (tertiary/aromatic N) is 1. The summed E-state index contributed by atoms with van der Waals surface area (Å²) in [5.41, 5.74) is 0.563. The topological polar surface area (TPSA) is 57.6 Å². The lowest BCUT2D eigenvalue weighted by atomic mass is 10.3. The van der Waals surface area contributed by atoms with E-state index in [2.05, 4.69) is 0 Å². The van der Waals surface area contributed by atoms with Gasteiger partial charge in [0.15, 0.2) is 0 Å². The lowest BCUT2D eigenvalue weighted by molar-refractivity contribution is 0.475. The van der Waals surface area contributed by atoms with Crippen molar-refractivity contribution >= 4 is 15.7 Å². The van der Waals surface area contributed by atoms with Crippen molar-refractivity contribution in [3.05, 3.63) is 24.3 Å². The van der Waals surface area contributed by atoms with Crippen molar-refractivity contribution in [2.24, 2.45) is 0 Å².